The average molecular weight is 246 g/mol. The number of carbonyl (C=O) groups excluding carboxylic acids is 1. The van der Waals surface area contributed by atoms with Crippen molar-refractivity contribution in [2.45, 2.75) is 45.7 Å². The van der Waals surface area contributed by atoms with E-state index in [9.17, 15) is 9.59 Å². The van der Waals surface area contributed by atoms with Crippen LogP contribution in [0.15, 0.2) is 0 Å². The van der Waals surface area contributed by atoms with E-state index in [0.29, 0.717) is 5.92 Å². The molecule has 0 aromatic carbocycles. The summed E-state index contributed by atoms with van der Waals surface area (Å²) in [7, 11) is 0. The van der Waals surface area contributed by atoms with Gasteiger partial charge < -0.3 is 20.8 Å². The molecule has 6 heteroatoms. The molecular weight excluding hydrogens is 224 g/mol. The van der Waals surface area contributed by atoms with Crippen molar-refractivity contribution in [1.29, 1.82) is 0 Å². The molecule has 0 saturated heterocycles. The molecule has 0 aliphatic carbocycles. The minimum Gasteiger partial charge on any atom is -0.480 e. The molecule has 0 aromatic rings. The molecule has 0 fully saturated rings. The highest BCUT2D eigenvalue weighted by molar-refractivity contribution is 5.82. The summed E-state index contributed by atoms with van der Waals surface area (Å²) < 4.78 is 0. The Morgan fingerprint density at radius 1 is 1.24 bits per heavy atom. The van der Waals surface area contributed by atoms with Crippen LogP contribution in [0.5, 0.6) is 0 Å². The van der Waals surface area contributed by atoms with Crippen molar-refractivity contribution in [3.8, 4) is 0 Å². The molecule has 0 bridgehead atoms. The van der Waals surface area contributed by atoms with Crippen LogP contribution in [0.2, 0.25) is 0 Å². The van der Waals surface area contributed by atoms with Crippen LogP contribution < -0.4 is 10.6 Å². The van der Waals surface area contributed by atoms with E-state index in [4.69, 9.17) is 10.2 Å². The number of carboxylic acids is 1. The molecule has 0 saturated carbocycles. The fraction of sp³-hybridized carbons (Fsp3) is 0.818. The molecule has 0 aliphatic rings. The Morgan fingerprint density at radius 3 is 2.24 bits per heavy atom. The molecule has 2 amide bonds. The zero-order valence-electron chi connectivity index (χ0n) is 10.6. The quantitative estimate of drug-likeness (QED) is 0.527. The third-order valence-electron chi connectivity index (χ3n) is 2.62. The van der Waals surface area contributed by atoms with E-state index < -0.39 is 24.6 Å². The Kier molecular flexibility index (Phi) is 7.29. The molecule has 6 nitrogen and oxygen atoms in total. The van der Waals surface area contributed by atoms with Gasteiger partial charge in [0.25, 0.3) is 0 Å². The highest BCUT2D eigenvalue weighted by Crippen LogP contribution is 2.09. The van der Waals surface area contributed by atoms with Crippen LogP contribution in [-0.4, -0.2) is 40.9 Å². The zero-order valence-corrected chi connectivity index (χ0v) is 10.6. The molecule has 4 N–H and O–H groups in total. The molecule has 2 unspecified atom stereocenters. The van der Waals surface area contributed by atoms with E-state index in [1.165, 1.54) is 0 Å². The van der Waals surface area contributed by atoms with E-state index >= 15 is 0 Å². The van der Waals surface area contributed by atoms with Gasteiger partial charge in [-0.3, -0.25) is 0 Å². The lowest BCUT2D eigenvalue weighted by Gasteiger charge is -2.19. The number of aliphatic hydroxyl groups is 1. The number of carboxylic acid groups (broad SMARTS) is 1. The normalized spacial score (nSPS) is 15.8. The highest BCUT2D eigenvalue weighted by Gasteiger charge is 2.19. The van der Waals surface area contributed by atoms with Crippen molar-refractivity contribution in [2.24, 2.45) is 5.92 Å². The second-order valence-electron chi connectivity index (χ2n) is 4.34. The van der Waals surface area contributed by atoms with E-state index in [1.54, 1.807) is 0 Å². The predicted octanol–water partition coefficient (Wildman–Crippen LogP) is 0.556. The molecule has 0 heterocycles. The van der Waals surface area contributed by atoms with Gasteiger partial charge in [-0.05, 0) is 19.3 Å². The maximum absolute atomic E-state index is 11.4. The monoisotopic (exact) mass is 246 g/mol. The fourth-order valence-electron chi connectivity index (χ4n) is 1.44. The first-order valence-corrected chi connectivity index (χ1v) is 5.81. The third-order valence-corrected chi connectivity index (χ3v) is 2.62. The van der Waals surface area contributed by atoms with E-state index in [0.717, 1.165) is 12.8 Å². The number of hydrogen-bond donors (Lipinski definition) is 4. The summed E-state index contributed by atoms with van der Waals surface area (Å²) in [4.78, 5) is 22.0. The fourth-order valence-corrected chi connectivity index (χ4v) is 1.44. The van der Waals surface area contributed by atoms with Crippen molar-refractivity contribution in [3.63, 3.8) is 0 Å². The van der Waals surface area contributed by atoms with Gasteiger partial charge in [0, 0.05) is 6.04 Å². The number of nitrogens with one attached hydrogen (secondary N) is 2. The molecule has 0 spiro atoms. The van der Waals surface area contributed by atoms with Crippen molar-refractivity contribution >= 4 is 12.0 Å². The van der Waals surface area contributed by atoms with Gasteiger partial charge >= 0.3 is 12.0 Å². The summed E-state index contributed by atoms with van der Waals surface area (Å²) in [5.74, 6) is -0.754. The maximum atomic E-state index is 11.4. The number of carbonyl (C=O) groups is 2. The van der Waals surface area contributed by atoms with Crippen molar-refractivity contribution in [1.82, 2.24) is 10.6 Å². The van der Waals surface area contributed by atoms with Crippen LogP contribution in [0, 0.1) is 5.92 Å². The molecule has 17 heavy (non-hydrogen) atoms. The number of urea groups is 1. The minimum atomic E-state index is -1.26. The van der Waals surface area contributed by atoms with Gasteiger partial charge in [-0.15, -0.1) is 0 Å². The van der Waals surface area contributed by atoms with Crippen LogP contribution in [0.25, 0.3) is 0 Å². The number of amides is 2. The first-order chi connectivity index (χ1) is 7.90. The van der Waals surface area contributed by atoms with Gasteiger partial charge in [0.05, 0.1) is 6.61 Å². The molecule has 100 valence electrons. The second kappa shape index (κ2) is 7.89. The summed E-state index contributed by atoms with van der Waals surface area (Å²) in [6.07, 6.45) is 1.86. The summed E-state index contributed by atoms with van der Waals surface area (Å²) in [6.45, 7) is 5.40. The topological polar surface area (TPSA) is 98.7 Å². The molecule has 0 aliphatic heterocycles. The van der Waals surface area contributed by atoms with Gasteiger partial charge in [0.2, 0.25) is 0 Å². The maximum Gasteiger partial charge on any atom is 0.328 e. The lowest BCUT2D eigenvalue weighted by molar-refractivity contribution is -0.140. The van der Waals surface area contributed by atoms with Gasteiger partial charge in [-0.25, -0.2) is 9.59 Å². The summed E-state index contributed by atoms with van der Waals surface area (Å²) in [5.41, 5.74) is 0. The van der Waals surface area contributed by atoms with Crippen LogP contribution in [0.1, 0.15) is 33.6 Å². The van der Waals surface area contributed by atoms with Crippen LogP contribution in [0.3, 0.4) is 0 Å². The predicted molar refractivity (Wildman–Crippen MR) is 63.7 cm³/mol. The Balaban J connectivity index is 4.04. The summed E-state index contributed by atoms with van der Waals surface area (Å²) in [5, 5.41) is 22.2. The Bertz CT molecular complexity index is 258. The van der Waals surface area contributed by atoms with E-state index in [1.807, 2.05) is 6.92 Å². The molecule has 0 aromatic heterocycles. The molecular formula is C11H22N2O4. The number of aliphatic carboxylic acids is 1. The van der Waals surface area contributed by atoms with Crippen LogP contribution >= 0.6 is 0 Å². The number of rotatable bonds is 7. The summed E-state index contributed by atoms with van der Waals surface area (Å²) in [6, 6.07) is -1.86. The van der Waals surface area contributed by atoms with Gasteiger partial charge in [-0.2, -0.15) is 0 Å². The molecule has 0 rings (SSSR count). The van der Waals surface area contributed by atoms with E-state index in [2.05, 4.69) is 24.5 Å². The minimum absolute atomic E-state index is 0.0295. The van der Waals surface area contributed by atoms with Gasteiger partial charge in [0.15, 0.2) is 6.04 Å². The zero-order chi connectivity index (χ0) is 13.4. The SMILES string of the molecule is CCC(C)CC(C)NC(=O)N[C@@H](CO)C(=O)O. The Morgan fingerprint density at radius 2 is 1.82 bits per heavy atom. The molecule has 0 radical (unpaired) electrons. The number of aliphatic hydroxyl groups excluding tert-OH is 1. The number of hydrogen-bond acceptors (Lipinski definition) is 3. The van der Waals surface area contributed by atoms with Crippen molar-refractivity contribution < 1.29 is 19.8 Å². The first-order valence-electron chi connectivity index (χ1n) is 5.81. The lowest BCUT2D eigenvalue weighted by Crippen LogP contribution is -2.50. The van der Waals surface area contributed by atoms with Crippen LogP contribution in [-0.2, 0) is 4.79 Å². The van der Waals surface area contributed by atoms with Crippen molar-refractivity contribution in [2.75, 3.05) is 6.61 Å². The standard InChI is InChI=1S/C11H22N2O4/c1-4-7(2)5-8(3)12-11(17)13-9(6-14)10(15)16/h7-9,14H,4-6H2,1-3H3,(H,15,16)(H2,12,13,17)/t7?,8?,9-/m0/s1. The lowest BCUT2D eigenvalue weighted by atomic mass is 10.0. The highest BCUT2D eigenvalue weighted by atomic mass is 16.4. The largest absolute Gasteiger partial charge is 0.480 e. The molecule has 3 atom stereocenters. The smallest absolute Gasteiger partial charge is 0.328 e. The third kappa shape index (κ3) is 6.78. The first kappa shape index (κ1) is 15.7. The summed E-state index contributed by atoms with van der Waals surface area (Å²) >= 11 is 0. The van der Waals surface area contributed by atoms with Gasteiger partial charge in [0.1, 0.15) is 0 Å². The van der Waals surface area contributed by atoms with E-state index in [-0.39, 0.29) is 6.04 Å². The van der Waals surface area contributed by atoms with Crippen LogP contribution in [0.4, 0.5) is 4.79 Å². The average Bonchev–Trinajstić information content (AvgIpc) is 2.24. The van der Waals surface area contributed by atoms with Gasteiger partial charge in [-0.1, -0.05) is 20.3 Å². The Labute approximate surface area is 101 Å². The second-order valence-corrected chi connectivity index (χ2v) is 4.34. The van der Waals surface area contributed by atoms with Crippen molar-refractivity contribution in [3.05, 3.63) is 0 Å². The Hall–Kier alpha value is -1.30.